The highest BCUT2D eigenvalue weighted by Gasteiger charge is 2.24. The third-order valence-corrected chi connectivity index (χ3v) is 9.05. The van der Waals surface area contributed by atoms with Gasteiger partial charge in [-0.3, -0.25) is 48.9 Å². The number of aromatic nitrogens is 1. The molecule has 1 aromatic heterocycles. The van der Waals surface area contributed by atoms with Crippen LogP contribution < -0.4 is 32.2 Å². The number of aliphatic carboxylic acids is 1. The standard InChI is InChI=1S/C43H54N8O9/c1-27(2)47-25-33-14-13-31(24-48-33)37(53)12-5-3-4-9-29(41(46)57)22-34(52)11-7-19-60-35-17-15-32(16-18-35)50-43(59)36(23-40(55)56)51-39(54)26-49-42(58)30-10-6-8-28(20-30)21-38(44)45/h6,8,10,13-18,20,24,29,36H,3-5,7,9,11-12,19,21-23,25-26H2,1-2H3,(H3,44,45)(H2,46,57)(H,49,58)(H,50,59)(H,51,54)(H,55,56)/t29-,36+/m1/s1. The number of benzene rings is 2. The van der Waals surface area contributed by atoms with E-state index in [1.54, 1.807) is 42.6 Å². The Kier molecular flexibility index (Phi) is 19.7. The van der Waals surface area contributed by atoms with E-state index in [2.05, 4.69) is 25.9 Å². The number of carbonyl (C=O) groups is 7. The lowest BCUT2D eigenvalue weighted by Crippen LogP contribution is -2.48. The molecule has 0 bridgehead atoms. The maximum atomic E-state index is 12.9. The van der Waals surface area contributed by atoms with Gasteiger partial charge in [0.2, 0.25) is 17.7 Å². The Bertz CT molecular complexity index is 2010. The number of pyridine rings is 1. The maximum Gasteiger partial charge on any atom is 0.305 e. The van der Waals surface area contributed by atoms with Crippen LogP contribution in [-0.4, -0.2) is 82.0 Å². The molecule has 4 amide bonds. The van der Waals surface area contributed by atoms with E-state index in [1.165, 1.54) is 24.3 Å². The molecule has 0 unspecified atom stereocenters. The zero-order valence-electron chi connectivity index (χ0n) is 34.0. The second-order valence-electron chi connectivity index (χ2n) is 14.4. The fourth-order valence-electron chi connectivity index (χ4n) is 5.90. The van der Waals surface area contributed by atoms with Crippen LogP contribution in [0, 0.1) is 11.3 Å². The number of hydrogen-bond acceptors (Lipinski definition) is 11. The number of ether oxygens (including phenoxy) is 1. The van der Waals surface area contributed by atoms with Crippen molar-refractivity contribution in [1.82, 2.24) is 15.6 Å². The molecular formula is C43H54N8O9. The molecule has 1 heterocycles. The Morgan fingerprint density at radius 1 is 0.883 bits per heavy atom. The average molecular weight is 827 g/mol. The number of hydrogen-bond donors (Lipinski definition) is 7. The van der Waals surface area contributed by atoms with Crippen LogP contribution in [0.5, 0.6) is 5.75 Å². The van der Waals surface area contributed by atoms with Gasteiger partial charge in [-0.25, -0.2) is 0 Å². The first-order chi connectivity index (χ1) is 28.6. The molecule has 0 aliphatic carbocycles. The van der Waals surface area contributed by atoms with Crippen molar-refractivity contribution in [2.75, 3.05) is 18.5 Å². The first-order valence-corrected chi connectivity index (χ1v) is 19.6. The molecule has 3 rings (SSSR count). The highest BCUT2D eigenvalue weighted by atomic mass is 16.5. The molecule has 60 heavy (non-hydrogen) atoms. The van der Waals surface area contributed by atoms with Gasteiger partial charge < -0.3 is 37.3 Å². The largest absolute Gasteiger partial charge is 0.494 e. The molecule has 0 fully saturated rings. The molecule has 17 heteroatoms. The van der Waals surface area contributed by atoms with Gasteiger partial charge in [0, 0.05) is 60.3 Å². The minimum Gasteiger partial charge on any atom is -0.494 e. The molecule has 0 spiro atoms. The summed E-state index contributed by atoms with van der Waals surface area (Å²) in [5.74, 6) is -4.40. The number of nitrogens with zero attached hydrogens (tertiary/aromatic N) is 2. The van der Waals surface area contributed by atoms with Crippen molar-refractivity contribution >= 4 is 58.4 Å². The predicted octanol–water partition coefficient (Wildman–Crippen LogP) is 3.92. The van der Waals surface area contributed by atoms with E-state index in [1.807, 2.05) is 13.8 Å². The number of carboxylic acid groups (broad SMARTS) is 1. The van der Waals surface area contributed by atoms with Crippen molar-refractivity contribution in [3.63, 3.8) is 0 Å². The summed E-state index contributed by atoms with van der Waals surface area (Å²) in [6.45, 7) is 3.96. The molecule has 2 aromatic carbocycles. The minimum atomic E-state index is -1.45. The topological polar surface area (TPSA) is 286 Å². The zero-order chi connectivity index (χ0) is 44.0. The second-order valence-corrected chi connectivity index (χ2v) is 14.4. The van der Waals surface area contributed by atoms with Gasteiger partial charge in [-0.05, 0) is 87.2 Å². The number of anilines is 1. The second kappa shape index (κ2) is 24.9. The number of carbonyl (C=O) groups excluding carboxylic acids is 6. The van der Waals surface area contributed by atoms with E-state index in [9.17, 15) is 38.7 Å². The number of primary amides is 1. The number of aliphatic imine (C=N–C) groups is 1. The summed E-state index contributed by atoms with van der Waals surface area (Å²) >= 11 is 0. The Hall–Kier alpha value is -6.78. The van der Waals surface area contributed by atoms with Crippen molar-refractivity contribution in [2.45, 2.75) is 90.6 Å². The van der Waals surface area contributed by atoms with Gasteiger partial charge in [-0.1, -0.05) is 25.0 Å². The number of amides is 4. The predicted molar refractivity (Wildman–Crippen MR) is 225 cm³/mol. The van der Waals surface area contributed by atoms with Crippen LogP contribution in [-0.2, 0) is 36.9 Å². The number of ketones is 2. The molecule has 9 N–H and O–H groups in total. The Labute approximate surface area is 348 Å². The molecule has 320 valence electrons. The lowest BCUT2D eigenvalue weighted by Gasteiger charge is -2.17. The van der Waals surface area contributed by atoms with Gasteiger partial charge in [0.05, 0.1) is 37.6 Å². The van der Waals surface area contributed by atoms with Crippen molar-refractivity contribution < 1.29 is 43.4 Å². The van der Waals surface area contributed by atoms with Gasteiger partial charge in [-0.15, -0.1) is 0 Å². The molecule has 3 aromatic rings. The van der Waals surface area contributed by atoms with Crippen LogP contribution in [0.25, 0.3) is 0 Å². The van der Waals surface area contributed by atoms with Gasteiger partial charge in [0.25, 0.3) is 5.91 Å². The van der Waals surface area contributed by atoms with E-state index in [4.69, 9.17) is 21.6 Å². The first-order valence-electron chi connectivity index (χ1n) is 19.6. The van der Waals surface area contributed by atoms with Gasteiger partial charge in [0.1, 0.15) is 17.6 Å². The molecule has 17 nitrogen and oxygen atoms in total. The van der Waals surface area contributed by atoms with Crippen LogP contribution in [0.4, 0.5) is 5.69 Å². The molecule has 0 radical (unpaired) electrons. The van der Waals surface area contributed by atoms with Gasteiger partial charge in [-0.2, -0.15) is 0 Å². The van der Waals surface area contributed by atoms with Crippen LogP contribution in [0.1, 0.15) is 104 Å². The van der Waals surface area contributed by atoms with Crippen molar-refractivity contribution in [1.29, 1.82) is 5.41 Å². The lowest BCUT2D eigenvalue weighted by molar-refractivity contribution is -0.139. The monoisotopic (exact) mass is 826 g/mol. The van der Waals surface area contributed by atoms with Gasteiger partial charge >= 0.3 is 5.97 Å². The highest BCUT2D eigenvalue weighted by molar-refractivity contribution is 6.01. The molecule has 0 aliphatic heterocycles. The first kappa shape index (κ1) is 47.6. The summed E-state index contributed by atoms with van der Waals surface area (Å²) in [5.41, 5.74) is 14.4. The quantitative estimate of drug-likeness (QED) is 0.0250. The van der Waals surface area contributed by atoms with E-state index in [-0.39, 0.29) is 48.8 Å². The maximum absolute atomic E-state index is 12.9. The zero-order valence-corrected chi connectivity index (χ0v) is 34.0. The van der Waals surface area contributed by atoms with Crippen LogP contribution in [0.2, 0.25) is 0 Å². The van der Waals surface area contributed by atoms with E-state index < -0.39 is 54.5 Å². The summed E-state index contributed by atoms with van der Waals surface area (Å²) in [4.78, 5) is 95.4. The smallest absolute Gasteiger partial charge is 0.305 e. The fourth-order valence-corrected chi connectivity index (χ4v) is 5.90. The normalized spacial score (nSPS) is 11.6. The Morgan fingerprint density at radius 3 is 2.28 bits per heavy atom. The van der Waals surface area contributed by atoms with Crippen molar-refractivity contribution in [2.24, 2.45) is 22.4 Å². The highest BCUT2D eigenvalue weighted by Crippen LogP contribution is 2.19. The third kappa shape index (κ3) is 18.2. The average Bonchev–Trinajstić information content (AvgIpc) is 3.20. The van der Waals surface area contributed by atoms with E-state index in [0.717, 1.165) is 11.4 Å². The number of unbranched alkanes of at least 4 members (excludes halogenated alkanes) is 2. The van der Waals surface area contributed by atoms with Crippen LogP contribution in [0.3, 0.4) is 0 Å². The number of carboxylic acids is 1. The van der Waals surface area contributed by atoms with Crippen molar-refractivity contribution in [3.8, 4) is 5.75 Å². The number of Topliss-reactive ketones (excluding diaryl/α,β-unsaturated/α-hetero) is 2. The van der Waals surface area contributed by atoms with E-state index in [0.29, 0.717) is 67.6 Å². The molecule has 0 saturated carbocycles. The summed E-state index contributed by atoms with van der Waals surface area (Å²) in [7, 11) is 0. The molecule has 0 saturated heterocycles. The van der Waals surface area contributed by atoms with Gasteiger partial charge in [0.15, 0.2) is 5.78 Å². The fraction of sp³-hybridized carbons (Fsp3) is 0.395. The summed E-state index contributed by atoms with van der Waals surface area (Å²) < 4.78 is 5.71. The van der Waals surface area contributed by atoms with E-state index >= 15 is 0 Å². The van der Waals surface area contributed by atoms with Crippen LogP contribution >= 0.6 is 0 Å². The Balaban J connectivity index is 1.35. The molecule has 2 atom stereocenters. The molecular weight excluding hydrogens is 773 g/mol. The summed E-state index contributed by atoms with van der Waals surface area (Å²) in [6, 6.07) is 14.6. The minimum absolute atomic E-state index is 0.00601. The molecule has 0 aliphatic rings. The Morgan fingerprint density at radius 2 is 1.63 bits per heavy atom. The number of nitrogens with two attached hydrogens (primary N) is 2. The summed E-state index contributed by atoms with van der Waals surface area (Å²) in [5, 5.41) is 24.0. The number of nitrogens with one attached hydrogen (secondary N) is 4. The summed E-state index contributed by atoms with van der Waals surface area (Å²) in [6.07, 6.45) is 4.38. The lowest BCUT2D eigenvalue weighted by atomic mass is 9.93. The van der Waals surface area contributed by atoms with Crippen molar-refractivity contribution in [3.05, 3.63) is 89.2 Å². The van der Waals surface area contributed by atoms with Crippen LogP contribution in [0.15, 0.2) is 71.9 Å². The number of rotatable bonds is 27. The number of amidine groups is 1. The SMILES string of the molecule is CC(C)=NCc1ccc(C(=O)CCCCC[C@H](CC(=O)CCCOc2ccc(NC(=O)[C@H](CC(=O)O)NC(=O)CNC(=O)c3cccc(CC(=N)N)c3)cc2)C(N)=O)cn1. The third-order valence-electron chi connectivity index (χ3n) is 9.05.